The number of aromatic nitrogens is 3. The Morgan fingerprint density at radius 2 is 2.08 bits per heavy atom. The van der Waals surface area contributed by atoms with Gasteiger partial charge in [-0.15, -0.1) is 0 Å². The Kier molecular flexibility index (Phi) is 4.34. The minimum absolute atomic E-state index is 0.0550. The molecule has 0 spiro atoms. The number of hydrogen-bond acceptors (Lipinski definition) is 3. The van der Waals surface area contributed by atoms with Gasteiger partial charge in [-0.25, -0.2) is 4.98 Å². The molecule has 1 unspecified atom stereocenters. The molecule has 1 N–H and O–H groups in total. The van der Waals surface area contributed by atoms with E-state index < -0.39 is 0 Å². The van der Waals surface area contributed by atoms with E-state index in [1.54, 1.807) is 12.5 Å². The maximum Gasteiger partial charge on any atom is 0.252 e. The van der Waals surface area contributed by atoms with Gasteiger partial charge in [0.2, 0.25) is 0 Å². The van der Waals surface area contributed by atoms with Gasteiger partial charge in [0.1, 0.15) is 0 Å². The van der Waals surface area contributed by atoms with Crippen LogP contribution < -0.4 is 5.32 Å². The first-order valence-electron chi connectivity index (χ1n) is 8.10. The van der Waals surface area contributed by atoms with Crippen LogP contribution in [-0.2, 0) is 0 Å². The fourth-order valence-corrected chi connectivity index (χ4v) is 2.85. The van der Waals surface area contributed by atoms with E-state index in [-0.39, 0.29) is 11.9 Å². The first-order chi connectivity index (χ1) is 11.5. The third-order valence-corrected chi connectivity index (χ3v) is 4.45. The van der Waals surface area contributed by atoms with Crippen LogP contribution in [0.2, 0.25) is 0 Å². The second-order valence-corrected chi connectivity index (χ2v) is 6.29. The monoisotopic (exact) mass is 322 g/mol. The predicted octanol–water partition coefficient (Wildman–Crippen LogP) is 3.35. The summed E-state index contributed by atoms with van der Waals surface area (Å²) in [6.45, 7) is 8.52. The summed E-state index contributed by atoms with van der Waals surface area (Å²) >= 11 is 0. The molecule has 1 atom stereocenters. The molecule has 3 rings (SSSR count). The minimum atomic E-state index is -0.0550. The molecule has 0 aliphatic carbocycles. The van der Waals surface area contributed by atoms with E-state index in [1.165, 1.54) is 0 Å². The van der Waals surface area contributed by atoms with Crippen molar-refractivity contribution in [2.24, 2.45) is 0 Å². The van der Waals surface area contributed by atoms with E-state index in [2.05, 4.69) is 22.2 Å². The number of aryl methyl sites for hydroxylation is 2. The van der Waals surface area contributed by atoms with Crippen LogP contribution in [-0.4, -0.2) is 27.0 Å². The molecule has 0 fully saturated rings. The zero-order valence-electron chi connectivity index (χ0n) is 14.5. The fraction of sp³-hybridized carbons (Fsp3) is 0.316. The SMILES string of the molecule is Cc1ccc2nc(C)c(C)c(C(=O)NCC(C)n3ccnc3)c2c1. The van der Waals surface area contributed by atoms with Crippen LogP contribution in [0.3, 0.4) is 0 Å². The number of benzene rings is 1. The highest BCUT2D eigenvalue weighted by Crippen LogP contribution is 2.24. The Morgan fingerprint density at radius 1 is 1.29 bits per heavy atom. The van der Waals surface area contributed by atoms with Gasteiger partial charge in [-0.2, -0.15) is 0 Å². The van der Waals surface area contributed by atoms with Crippen molar-refractivity contribution < 1.29 is 4.79 Å². The molecule has 0 aliphatic rings. The number of pyridine rings is 1. The van der Waals surface area contributed by atoms with Gasteiger partial charge in [0, 0.05) is 36.1 Å². The molecule has 0 aliphatic heterocycles. The second kappa shape index (κ2) is 6.43. The number of carbonyl (C=O) groups is 1. The number of imidazole rings is 1. The number of nitrogens with zero attached hydrogens (tertiary/aromatic N) is 3. The number of hydrogen-bond donors (Lipinski definition) is 1. The topological polar surface area (TPSA) is 59.8 Å². The maximum atomic E-state index is 12.9. The Morgan fingerprint density at radius 3 is 2.79 bits per heavy atom. The summed E-state index contributed by atoms with van der Waals surface area (Å²) in [5.41, 5.74) is 4.52. The van der Waals surface area contributed by atoms with Gasteiger partial charge in [0.15, 0.2) is 0 Å². The van der Waals surface area contributed by atoms with Crippen LogP contribution in [0, 0.1) is 20.8 Å². The highest BCUT2D eigenvalue weighted by atomic mass is 16.1. The third-order valence-electron chi connectivity index (χ3n) is 4.45. The van der Waals surface area contributed by atoms with Crippen LogP contribution >= 0.6 is 0 Å². The Hall–Kier alpha value is -2.69. The molecule has 24 heavy (non-hydrogen) atoms. The van der Waals surface area contributed by atoms with E-state index in [0.29, 0.717) is 6.54 Å². The molecule has 124 valence electrons. The van der Waals surface area contributed by atoms with E-state index in [4.69, 9.17) is 0 Å². The van der Waals surface area contributed by atoms with Crippen molar-refractivity contribution in [2.75, 3.05) is 6.54 Å². The molecule has 0 saturated heterocycles. The molecule has 0 radical (unpaired) electrons. The number of carbonyl (C=O) groups excluding carboxylic acids is 1. The van der Waals surface area contributed by atoms with E-state index >= 15 is 0 Å². The summed E-state index contributed by atoms with van der Waals surface area (Å²) in [5.74, 6) is -0.0550. The lowest BCUT2D eigenvalue weighted by Gasteiger charge is -2.16. The van der Waals surface area contributed by atoms with E-state index in [1.807, 2.05) is 49.7 Å². The van der Waals surface area contributed by atoms with Crippen LogP contribution in [0.1, 0.15) is 40.1 Å². The molecule has 2 aromatic heterocycles. The smallest absolute Gasteiger partial charge is 0.252 e. The van der Waals surface area contributed by atoms with Crippen LogP contribution in [0.5, 0.6) is 0 Å². The summed E-state index contributed by atoms with van der Waals surface area (Å²) in [6.07, 6.45) is 5.40. The summed E-state index contributed by atoms with van der Waals surface area (Å²) in [4.78, 5) is 21.5. The molecule has 1 amide bonds. The Labute approximate surface area is 141 Å². The molecule has 2 heterocycles. The number of rotatable bonds is 4. The van der Waals surface area contributed by atoms with Crippen molar-refractivity contribution in [1.29, 1.82) is 0 Å². The van der Waals surface area contributed by atoms with Crippen molar-refractivity contribution >= 4 is 16.8 Å². The lowest BCUT2D eigenvalue weighted by molar-refractivity contribution is 0.0949. The van der Waals surface area contributed by atoms with Crippen molar-refractivity contribution in [3.8, 4) is 0 Å². The van der Waals surface area contributed by atoms with Crippen molar-refractivity contribution in [2.45, 2.75) is 33.7 Å². The Balaban J connectivity index is 1.91. The zero-order chi connectivity index (χ0) is 17.3. The van der Waals surface area contributed by atoms with Crippen molar-refractivity contribution in [3.63, 3.8) is 0 Å². The molecule has 0 saturated carbocycles. The van der Waals surface area contributed by atoms with Crippen LogP contribution in [0.25, 0.3) is 10.9 Å². The first kappa shape index (κ1) is 16.2. The normalized spacial score (nSPS) is 12.3. The van der Waals surface area contributed by atoms with Crippen LogP contribution in [0.4, 0.5) is 0 Å². The maximum absolute atomic E-state index is 12.9. The third kappa shape index (κ3) is 3.02. The standard InChI is InChI=1S/C19H22N4O/c1-12-5-6-17-16(9-12)18(14(3)15(4)22-17)19(24)21-10-13(2)23-8-7-20-11-23/h5-9,11,13H,10H2,1-4H3,(H,21,24). The number of fused-ring (bicyclic) bond motifs is 1. The lowest BCUT2D eigenvalue weighted by Crippen LogP contribution is -2.30. The van der Waals surface area contributed by atoms with Crippen molar-refractivity contribution in [3.05, 3.63) is 59.3 Å². The van der Waals surface area contributed by atoms with Gasteiger partial charge >= 0.3 is 0 Å². The van der Waals surface area contributed by atoms with E-state index in [9.17, 15) is 4.79 Å². The van der Waals surface area contributed by atoms with Gasteiger partial charge in [0.05, 0.1) is 17.4 Å². The molecular weight excluding hydrogens is 300 g/mol. The summed E-state index contributed by atoms with van der Waals surface area (Å²) in [5, 5.41) is 3.96. The summed E-state index contributed by atoms with van der Waals surface area (Å²) < 4.78 is 1.98. The molecule has 1 aromatic carbocycles. The van der Waals surface area contributed by atoms with Gasteiger partial charge in [0.25, 0.3) is 5.91 Å². The molecule has 0 bridgehead atoms. The average molecular weight is 322 g/mol. The molecule has 5 heteroatoms. The second-order valence-electron chi connectivity index (χ2n) is 6.29. The van der Waals surface area contributed by atoms with Gasteiger partial charge in [-0.05, 0) is 45.4 Å². The molecular formula is C19H22N4O. The van der Waals surface area contributed by atoms with Gasteiger partial charge in [-0.3, -0.25) is 9.78 Å². The molecule has 3 aromatic rings. The number of nitrogens with one attached hydrogen (secondary N) is 1. The zero-order valence-corrected chi connectivity index (χ0v) is 14.5. The predicted molar refractivity (Wildman–Crippen MR) is 95.2 cm³/mol. The van der Waals surface area contributed by atoms with Crippen molar-refractivity contribution in [1.82, 2.24) is 19.9 Å². The van der Waals surface area contributed by atoms with Crippen LogP contribution in [0.15, 0.2) is 36.9 Å². The van der Waals surface area contributed by atoms with E-state index in [0.717, 1.165) is 33.3 Å². The lowest BCUT2D eigenvalue weighted by atomic mass is 9.99. The fourth-order valence-electron chi connectivity index (χ4n) is 2.85. The van der Waals surface area contributed by atoms with Gasteiger partial charge in [-0.1, -0.05) is 11.6 Å². The highest BCUT2D eigenvalue weighted by Gasteiger charge is 2.17. The quantitative estimate of drug-likeness (QED) is 0.801. The average Bonchev–Trinajstić information content (AvgIpc) is 3.08. The molecule has 5 nitrogen and oxygen atoms in total. The number of amides is 1. The highest BCUT2D eigenvalue weighted by molar-refractivity contribution is 6.07. The summed E-state index contributed by atoms with van der Waals surface area (Å²) in [6, 6.07) is 6.17. The summed E-state index contributed by atoms with van der Waals surface area (Å²) in [7, 11) is 0. The largest absolute Gasteiger partial charge is 0.350 e. The van der Waals surface area contributed by atoms with Gasteiger partial charge < -0.3 is 9.88 Å². The first-order valence-corrected chi connectivity index (χ1v) is 8.10. The minimum Gasteiger partial charge on any atom is -0.350 e. The Bertz CT molecular complexity index is 884.